The molecule has 0 unspecified atom stereocenters. The molecular weight excluding hydrogens is 258 g/mol. The molecule has 5 nitrogen and oxygen atoms in total. The molecule has 0 aromatic heterocycles. The fraction of sp³-hybridized carbons (Fsp3) is 0.867. The zero-order valence-electron chi connectivity index (χ0n) is 12.0. The Morgan fingerprint density at radius 2 is 2.10 bits per heavy atom. The summed E-state index contributed by atoms with van der Waals surface area (Å²) in [5, 5.41) is 3.40. The molecule has 3 fully saturated rings. The van der Waals surface area contributed by atoms with Gasteiger partial charge in [-0.25, -0.2) is 0 Å². The first-order valence-corrected chi connectivity index (χ1v) is 7.68. The highest BCUT2D eigenvalue weighted by molar-refractivity contribution is 5.84. The van der Waals surface area contributed by atoms with Crippen molar-refractivity contribution in [3.8, 4) is 0 Å². The third kappa shape index (κ3) is 2.12. The number of hydrogen-bond acceptors (Lipinski definition) is 5. The standard InChI is InChI=1S/C15H23NO4/c1-19-13(17)11-9-15(7-8-20-14(15)18)12(16-11)10-5-3-2-4-6-10/h10-12,16H,2-9H2,1H3/t11-,12-,15+/m1/s1. The molecule has 1 aliphatic carbocycles. The lowest BCUT2D eigenvalue weighted by Gasteiger charge is -2.35. The Labute approximate surface area is 119 Å². The van der Waals surface area contributed by atoms with Crippen LogP contribution in [0.25, 0.3) is 0 Å². The molecule has 2 saturated heterocycles. The number of cyclic esters (lactones) is 1. The molecule has 2 heterocycles. The second-order valence-electron chi connectivity index (χ2n) is 6.36. The van der Waals surface area contributed by atoms with Crippen LogP contribution in [0.5, 0.6) is 0 Å². The highest BCUT2D eigenvalue weighted by Crippen LogP contribution is 2.48. The maximum absolute atomic E-state index is 12.3. The predicted molar refractivity (Wildman–Crippen MR) is 71.9 cm³/mol. The average Bonchev–Trinajstić information content (AvgIpc) is 3.05. The maximum Gasteiger partial charge on any atom is 0.322 e. The van der Waals surface area contributed by atoms with Crippen molar-refractivity contribution in [1.82, 2.24) is 5.32 Å². The van der Waals surface area contributed by atoms with E-state index >= 15 is 0 Å². The molecule has 1 saturated carbocycles. The van der Waals surface area contributed by atoms with E-state index in [1.54, 1.807) is 0 Å². The van der Waals surface area contributed by atoms with Gasteiger partial charge in [0.1, 0.15) is 6.04 Å². The number of ether oxygens (including phenoxy) is 2. The van der Waals surface area contributed by atoms with Gasteiger partial charge in [-0.2, -0.15) is 0 Å². The van der Waals surface area contributed by atoms with Crippen LogP contribution in [0, 0.1) is 11.3 Å². The van der Waals surface area contributed by atoms with Crippen molar-refractivity contribution in [3.05, 3.63) is 0 Å². The molecule has 5 heteroatoms. The minimum atomic E-state index is -0.499. The van der Waals surface area contributed by atoms with Gasteiger partial charge in [-0.3, -0.25) is 9.59 Å². The van der Waals surface area contributed by atoms with Crippen LogP contribution in [-0.2, 0) is 19.1 Å². The van der Waals surface area contributed by atoms with Crippen molar-refractivity contribution < 1.29 is 19.1 Å². The van der Waals surface area contributed by atoms with Crippen molar-refractivity contribution >= 4 is 11.9 Å². The summed E-state index contributed by atoms with van der Waals surface area (Å²) in [6.45, 7) is 0.484. The SMILES string of the molecule is COC(=O)[C@H]1C[C@@]2(CCOC2=O)[C@@H](C2CCCCC2)N1. The highest BCUT2D eigenvalue weighted by atomic mass is 16.5. The quantitative estimate of drug-likeness (QED) is 0.775. The third-order valence-electron chi connectivity index (χ3n) is 5.34. The number of rotatable bonds is 2. The monoisotopic (exact) mass is 281 g/mol. The Hall–Kier alpha value is -1.10. The molecule has 112 valence electrons. The molecular formula is C15H23NO4. The topological polar surface area (TPSA) is 64.6 Å². The fourth-order valence-corrected chi connectivity index (χ4v) is 4.31. The molecule has 1 N–H and O–H groups in total. The first kappa shape index (κ1) is 13.9. The van der Waals surface area contributed by atoms with Crippen LogP contribution in [0.3, 0.4) is 0 Å². The van der Waals surface area contributed by atoms with E-state index in [4.69, 9.17) is 9.47 Å². The molecule has 3 atom stereocenters. The van der Waals surface area contributed by atoms with Gasteiger partial charge >= 0.3 is 11.9 Å². The van der Waals surface area contributed by atoms with Crippen LogP contribution in [-0.4, -0.2) is 37.7 Å². The summed E-state index contributed by atoms with van der Waals surface area (Å²) in [5.41, 5.74) is -0.499. The maximum atomic E-state index is 12.3. The zero-order valence-corrected chi connectivity index (χ0v) is 12.0. The Morgan fingerprint density at radius 3 is 2.70 bits per heavy atom. The average molecular weight is 281 g/mol. The second-order valence-corrected chi connectivity index (χ2v) is 6.36. The Bertz CT molecular complexity index is 405. The number of methoxy groups -OCH3 is 1. The first-order chi connectivity index (χ1) is 9.67. The summed E-state index contributed by atoms with van der Waals surface area (Å²) in [5.74, 6) is 0.0958. The number of carbonyl (C=O) groups excluding carboxylic acids is 2. The van der Waals surface area contributed by atoms with Crippen LogP contribution < -0.4 is 5.32 Å². The van der Waals surface area contributed by atoms with E-state index in [0.29, 0.717) is 18.9 Å². The van der Waals surface area contributed by atoms with E-state index in [1.165, 1.54) is 26.4 Å². The van der Waals surface area contributed by atoms with Gasteiger partial charge in [-0.1, -0.05) is 19.3 Å². The lowest BCUT2D eigenvalue weighted by atomic mass is 9.69. The van der Waals surface area contributed by atoms with Gasteiger partial charge in [0.2, 0.25) is 0 Å². The Morgan fingerprint density at radius 1 is 1.35 bits per heavy atom. The number of carbonyl (C=O) groups is 2. The van der Waals surface area contributed by atoms with Gasteiger partial charge in [0.25, 0.3) is 0 Å². The molecule has 0 aromatic carbocycles. The smallest absolute Gasteiger partial charge is 0.322 e. The summed E-state index contributed by atoms with van der Waals surface area (Å²) >= 11 is 0. The lowest BCUT2D eigenvalue weighted by molar-refractivity contribution is -0.147. The van der Waals surface area contributed by atoms with Crippen molar-refractivity contribution in [1.29, 1.82) is 0 Å². The molecule has 0 bridgehead atoms. The van der Waals surface area contributed by atoms with Gasteiger partial charge in [-0.15, -0.1) is 0 Å². The Balaban J connectivity index is 1.84. The molecule has 3 aliphatic rings. The van der Waals surface area contributed by atoms with Gasteiger partial charge < -0.3 is 14.8 Å². The van der Waals surface area contributed by atoms with Crippen LogP contribution in [0.15, 0.2) is 0 Å². The first-order valence-electron chi connectivity index (χ1n) is 7.68. The van der Waals surface area contributed by atoms with E-state index in [0.717, 1.165) is 19.3 Å². The van der Waals surface area contributed by atoms with Gasteiger partial charge in [0, 0.05) is 6.04 Å². The van der Waals surface area contributed by atoms with Gasteiger partial charge in [-0.05, 0) is 31.6 Å². The zero-order chi connectivity index (χ0) is 14.2. The van der Waals surface area contributed by atoms with E-state index in [-0.39, 0.29) is 24.0 Å². The normalized spacial score (nSPS) is 38.1. The van der Waals surface area contributed by atoms with Crippen LogP contribution in [0.2, 0.25) is 0 Å². The summed E-state index contributed by atoms with van der Waals surface area (Å²) in [6.07, 6.45) is 7.25. The molecule has 2 aliphatic heterocycles. The van der Waals surface area contributed by atoms with E-state index in [1.807, 2.05) is 0 Å². The lowest BCUT2D eigenvalue weighted by Crippen LogP contribution is -2.47. The van der Waals surface area contributed by atoms with E-state index in [9.17, 15) is 9.59 Å². The van der Waals surface area contributed by atoms with Crippen molar-refractivity contribution in [2.45, 2.75) is 57.0 Å². The minimum Gasteiger partial charge on any atom is -0.468 e. The van der Waals surface area contributed by atoms with Crippen molar-refractivity contribution in [3.63, 3.8) is 0 Å². The predicted octanol–water partition coefficient (Wildman–Crippen LogP) is 1.40. The highest BCUT2D eigenvalue weighted by Gasteiger charge is 2.59. The Kier molecular flexibility index (Phi) is 3.71. The molecule has 0 radical (unpaired) electrons. The molecule has 20 heavy (non-hydrogen) atoms. The largest absolute Gasteiger partial charge is 0.468 e. The number of hydrogen-bond donors (Lipinski definition) is 1. The van der Waals surface area contributed by atoms with Crippen LogP contribution in [0.4, 0.5) is 0 Å². The van der Waals surface area contributed by atoms with Crippen LogP contribution >= 0.6 is 0 Å². The van der Waals surface area contributed by atoms with Gasteiger partial charge in [0.05, 0.1) is 19.1 Å². The summed E-state index contributed by atoms with van der Waals surface area (Å²) < 4.78 is 10.1. The fourth-order valence-electron chi connectivity index (χ4n) is 4.31. The van der Waals surface area contributed by atoms with Crippen molar-refractivity contribution in [2.24, 2.45) is 11.3 Å². The summed E-state index contributed by atoms with van der Waals surface area (Å²) in [4.78, 5) is 24.1. The van der Waals surface area contributed by atoms with Gasteiger partial charge in [0.15, 0.2) is 0 Å². The van der Waals surface area contributed by atoms with E-state index < -0.39 is 5.41 Å². The summed E-state index contributed by atoms with van der Waals surface area (Å²) in [6, 6.07) is -0.292. The third-order valence-corrected chi connectivity index (χ3v) is 5.34. The van der Waals surface area contributed by atoms with Crippen LogP contribution in [0.1, 0.15) is 44.9 Å². The van der Waals surface area contributed by atoms with Crippen molar-refractivity contribution in [2.75, 3.05) is 13.7 Å². The molecule has 0 aromatic rings. The molecule has 3 rings (SSSR count). The molecule has 1 spiro atoms. The summed E-state index contributed by atoms with van der Waals surface area (Å²) in [7, 11) is 1.40. The minimum absolute atomic E-state index is 0.0712. The number of esters is 2. The molecule has 0 amide bonds. The number of nitrogens with one attached hydrogen (secondary N) is 1. The second kappa shape index (κ2) is 5.35. The van der Waals surface area contributed by atoms with E-state index in [2.05, 4.69) is 5.32 Å².